The van der Waals surface area contributed by atoms with E-state index in [1.807, 2.05) is 0 Å². The second-order valence-corrected chi connectivity index (χ2v) is 5.89. The maximum atomic E-state index is 12.1. The molecule has 0 radical (unpaired) electrons. The number of rotatable bonds is 9. The zero-order chi connectivity index (χ0) is 19.7. The second kappa shape index (κ2) is 10.2. The van der Waals surface area contributed by atoms with Crippen LogP contribution in [0.1, 0.15) is 32.3 Å². The van der Waals surface area contributed by atoms with Crippen molar-refractivity contribution in [2.75, 3.05) is 32.1 Å². The number of anilines is 1. The van der Waals surface area contributed by atoms with E-state index in [1.54, 1.807) is 45.0 Å². The average Bonchev–Trinajstić information content (AvgIpc) is 2.58. The van der Waals surface area contributed by atoms with E-state index < -0.39 is 4.92 Å². The van der Waals surface area contributed by atoms with Crippen LogP contribution in [0.15, 0.2) is 23.8 Å². The maximum Gasteiger partial charge on any atom is 0.305 e. The van der Waals surface area contributed by atoms with Crippen LogP contribution in [-0.4, -0.2) is 44.0 Å². The van der Waals surface area contributed by atoms with Crippen LogP contribution in [0.2, 0.25) is 0 Å². The van der Waals surface area contributed by atoms with Crippen LogP contribution >= 0.6 is 0 Å². The lowest BCUT2D eigenvalue weighted by Crippen LogP contribution is -2.25. The summed E-state index contributed by atoms with van der Waals surface area (Å²) in [7, 11) is 3.59. The molecule has 8 heteroatoms. The number of nitro groups is 1. The Morgan fingerprint density at radius 3 is 2.62 bits per heavy atom. The van der Waals surface area contributed by atoms with Crippen LogP contribution in [0.3, 0.4) is 0 Å². The van der Waals surface area contributed by atoms with Gasteiger partial charge < -0.3 is 15.0 Å². The quantitative estimate of drug-likeness (QED) is 0.238. The van der Waals surface area contributed by atoms with Gasteiger partial charge in [0.15, 0.2) is 0 Å². The van der Waals surface area contributed by atoms with Gasteiger partial charge in [0, 0.05) is 44.4 Å². The van der Waals surface area contributed by atoms with Crippen molar-refractivity contribution in [2.24, 2.45) is 0 Å². The summed E-state index contributed by atoms with van der Waals surface area (Å²) in [6, 6.07) is 4.84. The van der Waals surface area contributed by atoms with Crippen LogP contribution in [0.4, 0.5) is 11.4 Å². The molecule has 0 bridgehead atoms. The number of hydrogen-bond acceptors (Lipinski definition) is 6. The molecule has 1 N–H and O–H groups in total. The van der Waals surface area contributed by atoms with Crippen LogP contribution in [-0.2, 0) is 14.3 Å². The molecule has 1 rings (SSSR count). The molecule has 0 aliphatic rings. The summed E-state index contributed by atoms with van der Waals surface area (Å²) in [5.41, 5.74) is 1.35. The Balaban J connectivity index is 2.75. The van der Waals surface area contributed by atoms with Gasteiger partial charge in [-0.05, 0) is 38.5 Å². The van der Waals surface area contributed by atoms with Crippen molar-refractivity contribution in [1.82, 2.24) is 5.32 Å². The van der Waals surface area contributed by atoms with Gasteiger partial charge in [0.1, 0.15) is 0 Å². The fourth-order valence-electron chi connectivity index (χ4n) is 2.20. The van der Waals surface area contributed by atoms with E-state index in [9.17, 15) is 19.7 Å². The minimum atomic E-state index is -0.469. The first-order valence-electron chi connectivity index (χ1n) is 8.34. The fourth-order valence-corrected chi connectivity index (χ4v) is 2.20. The number of ether oxygens (including phenoxy) is 1. The van der Waals surface area contributed by atoms with Gasteiger partial charge in [-0.3, -0.25) is 19.7 Å². The third-order valence-corrected chi connectivity index (χ3v) is 3.61. The topological polar surface area (TPSA) is 102 Å². The highest BCUT2D eigenvalue weighted by molar-refractivity contribution is 5.97. The highest BCUT2D eigenvalue weighted by atomic mass is 16.6. The number of hydrogen-bond donors (Lipinski definition) is 1. The molecule has 0 aromatic heterocycles. The molecule has 0 saturated heterocycles. The summed E-state index contributed by atoms with van der Waals surface area (Å²) in [5, 5.41) is 14.0. The van der Waals surface area contributed by atoms with Crippen molar-refractivity contribution < 1.29 is 19.2 Å². The number of nitrogens with one attached hydrogen (secondary N) is 1. The van der Waals surface area contributed by atoms with Crippen molar-refractivity contribution in [3.05, 3.63) is 39.4 Å². The molecular weight excluding hydrogens is 338 g/mol. The first-order valence-corrected chi connectivity index (χ1v) is 8.34. The molecule has 0 spiro atoms. The van der Waals surface area contributed by atoms with Crippen LogP contribution in [0.25, 0.3) is 6.08 Å². The van der Waals surface area contributed by atoms with Crippen molar-refractivity contribution in [2.45, 2.75) is 26.7 Å². The van der Waals surface area contributed by atoms with E-state index in [0.717, 1.165) is 0 Å². The molecular formula is C18H25N3O5. The number of nitrogens with zero attached hydrogens (tertiary/aromatic N) is 2. The Morgan fingerprint density at radius 2 is 2.04 bits per heavy atom. The first-order chi connectivity index (χ1) is 12.3. The predicted octanol–water partition coefficient (Wildman–Crippen LogP) is 2.52. The molecule has 8 nitrogen and oxygen atoms in total. The standard InChI is InChI=1S/C18H25N3O5/c1-5-26-17(22)7-6-10-19-18(23)13(2)11-14-8-9-15(20(3)4)12-16(14)21(24)25/h8-9,11-12H,5-7,10H2,1-4H3,(H,19,23)/b13-11+. The number of amides is 1. The van der Waals surface area contributed by atoms with Gasteiger partial charge in [0.2, 0.25) is 5.91 Å². The van der Waals surface area contributed by atoms with Crippen LogP contribution in [0, 0.1) is 10.1 Å². The van der Waals surface area contributed by atoms with Gasteiger partial charge in [-0.25, -0.2) is 0 Å². The largest absolute Gasteiger partial charge is 0.466 e. The van der Waals surface area contributed by atoms with Gasteiger partial charge in [-0.15, -0.1) is 0 Å². The second-order valence-electron chi connectivity index (χ2n) is 5.89. The number of carbonyl (C=O) groups is 2. The van der Waals surface area contributed by atoms with Gasteiger partial charge >= 0.3 is 5.97 Å². The third kappa shape index (κ3) is 6.54. The molecule has 1 aromatic rings. The number of carbonyl (C=O) groups excluding carboxylic acids is 2. The van der Waals surface area contributed by atoms with Gasteiger partial charge in [0.25, 0.3) is 5.69 Å². The van der Waals surface area contributed by atoms with Crippen molar-refractivity contribution in [3.63, 3.8) is 0 Å². The zero-order valence-electron chi connectivity index (χ0n) is 15.6. The summed E-state index contributed by atoms with van der Waals surface area (Å²) in [4.78, 5) is 35.9. The van der Waals surface area contributed by atoms with E-state index in [0.29, 0.717) is 36.4 Å². The molecule has 1 aromatic carbocycles. The number of nitro benzene ring substituents is 1. The average molecular weight is 363 g/mol. The molecule has 26 heavy (non-hydrogen) atoms. The zero-order valence-corrected chi connectivity index (χ0v) is 15.6. The Bertz CT molecular complexity index is 698. The Kier molecular flexibility index (Phi) is 8.27. The molecule has 0 aliphatic heterocycles. The predicted molar refractivity (Wildman–Crippen MR) is 100.0 cm³/mol. The van der Waals surface area contributed by atoms with Crippen molar-refractivity contribution in [1.29, 1.82) is 0 Å². The van der Waals surface area contributed by atoms with Crippen LogP contribution < -0.4 is 10.2 Å². The van der Waals surface area contributed by atoms with Gasteiger partial charge in [-0.1, -0.05) is 0 Å². The molecule has 1 amide bonds. The summed E-state index contributed by atoms with van der Waals surface area (Å²) >= 11 is 0. The Labute approximate surface area is 153 Å². The smallest absolute Gasteiger partial charge is 0.305 e. The summed E-state index contributed by atoms with van der Waals surface area (Å²) in [5.74, 6) is -0.634. The third-order valence-electron chi connectivity index (χ3n) is 3.61. The molecule has 0 atom stereocenters. The van der Waals surface area contributed by atoms with Gasteiger partial charge in [-0.2, -0.15) is 0 Å². The Hall–Kier alpha value is -2.90. The summed E-state index contributed by atoms with van der Waals surface area (Å²) in [6.45, 7) is 3.98. The monoisotopic (exact) mass is 363 g/mol. The summed E-state index contributed by atoms with van der Waals surface area (Å²) < 4.78 is 4.81. The van der Waals surface area contributed by atoms with E-state index >= 15 is 0 Å². The van der Waals surface area contributed by atoms with Crippen LogP contribution in [0.5, 0.6) is 0 Å². The maximum absolute atomic E-state index is 12.1. The normalized spacial score (nSPS) is 11.0. The molecule has 0 unspecified atom stereocenters. The number of esters is 1. The minimum Gasteiger partial charge on any atom is -0.466 e. The molecule has 0 saturated carbocycles. The van der Waals surface area contributed by atoms with Gasteiger partial charge in [0.05, 0.1) is 17.1 Å². The highest BCUT2D eigenvalue weighted by Crippen LogP contribution is 2.26. The van der Waals surface area contributed by atoms with E-state index in [4.69, 9.17) is 4.74 Å². The molecule has 142 valence electrons. The lowest BCUT2D eigenvalue weighted by atomic mass is 10.1. The fraction of sp³-hybridized carbons (Fsp3) is 0.444. The lowest BCUT2D eigenvalue weighted by molar-refractivity contribution is -0.385. The van der Waals surface area contributed by atoms with Crippen molar-refractivity contribution in [3.8, 4) is 0 Å². The molecule has 0 aliphatic carbocycles. The number of benzene rings is 1. The Morgan fingerprint density at radius 1 is 1.35 bits per heavy atom. The van der Waals surface area contributed by atoms with E-state index in [2.05, 4.69) is 5.32 Å². The highest BCUT2D eigenvalue weighted by Gasteiger charge is 2.15. The first kappa shape index (κ1) is 21.1. The minimum absolute atomic E-state index is 0.0642. The molecule has 0 heterocycles. The summed E-state index contributed by atoms with van der Waals surface area (Å²) in [6.07, 6.45) is 2.18. The van der Waals surface area contributed by atoms with Crippen molar-refractivity contribution >= 4 is 29.3 Å². The van der Waals surface area contributed by atoms with E-state index in [-0.39, 0.29) is 24.0 Å². The van der Waals surface area contributed by atoms with E-state index in [1.165, 1.54) is 12.1 Å². The SMILES string of the molecule is CCOC(=O)CCCNC(=O)/C(C)=C/c1ccc(N(C)C)cc1[N+](=O)[O-]. The lowest BCUT2D eigenvalue weighted by Gasteiger charge is -2.12. The molecule has 0 fully saturated rings.